The van der Waals surface area contributed by atoms with Crippen LogP contribution in [0.5, 0.6) is 5.75 Å². The van der Waals surface area contributed by atoms with E-state index in [0.717, 1.165) is 0 Å². The van der Waals surface area contributed by atoms with E-state index >= 15 is 0 Å². The number of rotatable bonds is 4. The number of ether oxygens (including phenoxy) is 1. The van der Waals surface area contributed by atoms with Crippen molar-refractivity contribution in [1.82, 2.24) is 0 Å². The molecular weight excluding hydrogens is 298 g/mol. The molecule has 5 heteroatoms. The average molecular weight is 314 g/mol. The minimum atomic E-state index is -0.402. The van der Waals surface area contributed by atoms with Crippen molar-refractivity contribution in [3.63, 3.8) is 0 Å². The molecule has 1 fully saturated rings. The molecule has 98 valence electrons. The second-order valence-corrected chi connectivity index (χ2v) is 5.51. The first-order chi connectivity index (χ1) is 8.68. The number of benzene rings is 1. The molecule has 1 aliphatic carbocycles. The quantitative estimate of drug-likeness (QED) is 0.614. The lowest BCUT2D eigenvalue weighted by Gasteiger charge is -2.21. The van der Waals surface area contributed by atoms with Crippen LogP contribution in [-0.4, -0.2) is 11.5 Å². The Morgan fingerprint density at radius 2 is 2.06 bits per heavy atom. The first-order valence-electron chi connectivity index (χ1n) is 6.24. The molecule has 1 aliphatic rings. The van der Waals surface area contributed by atoms with Gasteiger partial charge in [0.15, 0.2) is 5.75 Å². The molecule has 1 aromatic rings. The monoisotopic (exact) mass is 313 g/mol. The molecule has 0 saturated heterocycles. The first kappa shape index (κ1) is 13.3. The van der Waals surface area contributed by atoms with Crippen LogP contribution in [0.1, 0.15) is 32.1 Å². The van der Waals surface area contributed by atoms with E-state index in [2.05, 4.69) is 15.9 Å². The number of nitrogens with zero attached hydrogens (tertiary/aromatic N) is 1. The topological polar surface area (TPSA) is 52.4 Å². The van der Waals surface area contributed by atoms with Gasteiger partial charge in [-0.3, -0.25) is 10.1 Å². The van der Waals surface area contributed by atoms with Gasteiger partial charge in [0, 0.05) is 0 Å². The molecular formula is C13H16BrNO3. The molecule has 0 heterocycles. The smallest absolute Gasteiger partial charge is 0.324 e. The van der Waals surface area contributed by atoms with Gasteiger partial charge in [-0.05, 0) is 46.8 Å². The number of nitro benzene ring substituents is 1. The Balaban J connectivity index is 2.04. The molecule has 18 heavy (non-hydrogen) atoms. The predicted octanol–water partition coefficient (Wildman–Crippen LogP) is 4.32. The number of nitro groups is 1. The summed E-state index contributed by atoms with van der Waals surface area (Å²) >= 11 is 3.19. The molecule has 0 aliphatic heterocycles. The zero-order valence-corrected chi connectivity index (χ0v) is 11.7. The van der Waals surface area contributed by atoms with Gasteiger partial charge in [0.1, 0.15) is 0 Å². The van der Waals surface area contributed by atoms with Crippen LogP contribution >= 0.6 is 15.9 Å². The summed E-state index contributed by atoms with van der Waals surface area (Å²) in [4.78, 5) is 10.6. The summed E-state index contributed by atoms with van der Waals surface area (Å²) in [5, 5.41) is 11.0. The second kappa shape index (κ2) is 6.18. The van der Waals surface area contributed by atoms with Gasteiger partial charge in [0.25, 0.3) is 0 Å². The van der Waals surface area contributed by atoms with Crippen molar-refractivity contribution in [3.8, 4) is 5.75 Å². The third-order valence-electron chi connectivity index (χ3n) is 3.33. The Bertz CT molecular complexity index is 430. The summed E-state index contributed by atoms with van der Waals surface area (Å²) in [6.45, 7) is 0.581. The second-order valence-electron chi connectivity index (χ2n) is 4.66. The van der Waals surface area contributed by atoms with E-state index in [0.29, 0.717) is 22.7 Å². The normalized spacial score (nSPS) is 16.5. The highest BCUT2D eigenvalue weighted by Gasteiger charge is 2.21. The van der Waals surface area contributed by atoms with E-state index in [1.807, 2.05) is 0 Å². The van der Waals surface area contributed by atoms with Gasteiger partial charge >= 0.3 is 5.69 Å². The average Bonchev–Trinajstić information content (AvgIpc) is 2.37. The summed E-state index contributed by atoms with van der Waals surface area (Å²) in [7, 11) is 0. The fraction of sp³-hybridized carbons (Fsp3) is 0.538. The van der Waals surface area contributed by atoms with Gasteiger partial charge < -0.3 is 4.74 Å². The van der Waals surface area contributed by atoms with Gasteiger partial charge in [0.05, 0.1) is 16.0 Å². The molecule has 1 aromatic carbocycles. The van der Waals surface area contributed by atoms with Crippen LogP contribution in [-0.2, 0) is 0 Å². The highest BCUT2D eigenvalue weighted by molar-refractivity contribution is 9.10. The molecule has 0 radical (unpaired) electrons. The van der Waals surface area contributed by atoms with Crippen molar-refractivity contribution in [2.45, 2.75) is 32.1 Å². The molecule has 0 amide bonds. The van der Waals surface area contributed by atoms with Gasteiger partial charge in [-0.1, -0.05) is 25.3 Å². The van der Waals surface area contributed by atoms with Crippen LogP contribution in [0.25, 0.3) is 0 Å². The van der Waals surface area contributed by atoms with Crippen molar-refractivity contribution in [2.75, 3.05) is 6.61 Å². The molecule has 0 unspecified atom stereocenters. The zero-order valence-electron chi connectivity index (χ0n) is 10.1. The Kier molecular flexibility index (Phi) is 4.58. The molecule has 0 N–H and O–H groups in total. The molecule has 0 spiro atoms. The van der Waals surface area contributed by atoms with Crippen molar-refractivity contribution < 1.29 is 9.66 Å². The van der Waals surface area contributed by atoms with Crippen LogP contribution in [0, 0.1) is 16.0 Å². The molecule has 1 saturated carbocycles. The maximum Gasteiger partial charge on any atom is 0.324 e. The third kappa shape index (κ3) is 3.22. The molecule has 0 bridgehead atoms. The van der Waals surface area contributed by atoms with E-state index in [9.17, 15) is 10.1 Å². The minimum Gasteiger partial charge on any atom is -0.486 e. The van der Waals surface area contributed by atoms with Gasteiger partial charge in [-0.2, -0.15) is 0 Å². The van der Waals surface area contributed by atoms with Gasteiger partial charge in [-0.25, -0.2) is 0 Å². The van der Waals surface area contributed by atoms with Crippen molar-refractivity contribution in [1.29, 1.82) is 0 Å². The van der Waals surface area contributed by atoms with Crippen molar-refractivity contribution in [2.24, 2.45) is 5.92 Å². The van der Waals surface area contributed by atoms with Crippen LogP contribution in [0.3, 0.4) is 0 Å². The minimum absolute atomic E-state index is 0.0216. The Hall–Kier alpha value is -1.10. The number of para-hydroxylation sites is 1. The molecule has 4 nitrogen and oxygen atoms in total. The lowest BCUT2D eigenvalue weighted by molar-refractivity contribution is -0.386. The Morgan fingerprint density at radius 3 is 2.72 bits per heavy atom. The van der Waals surface area contributed by atoms with E-state index in [-0.39, 0.29) is 5.69 Å². The summed E-state index contributed by atoms with van der Waals surface area (Å²) in [5.74, 6) is 0.900. The summed E-state index contributed by atoms with van der Waals surface area (Å²) in [6, 6.07) is 5.07. The van der Waals surface area contributed by atoms with E-state index < -0.39 is 4.92 Å². The Labute approximate surface area is 115 Å². The van der Waals surface area contributed by atoms with E-state index in [1.165, 1.54) is 32.1 Å². The SMILES string of the molecule is O=[N+]([O-])c1c(Br)cccc1OCC1CCCCC1. The lowest BCUT2D eigenvalue weighted by Crippen LogP contribution is -2.15. The lowest BCUT2D eigenvalue weighted by atomic mass is 9.90. The van der Waals surface area contributed by atoms with Crippen LogP contribution in [0.4, 0.5) is 5.69 Å². The van der Waals surface area contributed by atoms with Crippen molar-refractivity contribution >= 4 is 21.6 Å². The summed E-state index contributed by atoms with van der Waals surface area (Å²) in [5.41, 5.74) is 0.0216. The highest BCUT2D eigenvalue weighted by atomic mass is 79.9. The van der Waals surface area contributed by atoms with Gasteiger partial charge in [-0.15, -0.1) is 0 Å². The third-order valence-corrected chi connectivity index (χ3v) is 3.97. The first-order valence-corrected chi connectivity index (χ1v) is 7.03. The number of hydrogen-bond donors (Lipinski definition) is 0. The predicted molar refractivity (Wildman–Crippen MR) is 72.9 cm³/mol. The largest absolute Gasteiger partial charge is 0.486 e. The van der Waals surface area contributed by atoms with Crippen LogP contribution < -0.4 is 4.74 Å². The number of halogens is 1. The number of hydrogen-bond acceptors (Lipinski definition) is 3. The van der Waals surface area contributed by atoms with E-state index in [4.69, 9.17) is 4.74 Å². The van der Waals surface area contributed by atoms with Crippen molar-refractivity contribution in [3.05, 3.63) is 32.8 Å². The van der Waals surface area contributed by atoms with Crippen LogP contribution in [0.2, 0.25) is 0 Å². The molecule has 0 atom stereocenters. The fourth-order valence-corrected chi connectivity index (χ4v) is 2.84. The van der Waals surface area contributed by atoms with Gasteiger partial charge in [0.2, 0.25) is 0 Å². The Morgan fingerprint density at radius 1 is 1.33 bits per heavy atom. The summed E-state index contributed by atoms with van der Waals surface area (Å²) in [6.07, 6.45) is 6.13. The molecule has 2 rings (SSSR count). The van der Waals surface area contributed by atoms with Crippen LogP contribution in [0.15, 0.2) is 22.7 Å². The standard InChI is InChI=1S/C13H16BrNO3/c14-11-7-4-8-12(13(11)15(16)17)18-9-10-5-2-1-3-6-10/h4,7-8,10H,1-3,5-6,9H2. The highest BCUT2D eigenvalue weighted by Crippen LogP contribution is 2.35. The summed E-state index contributed by atoms with van der Waals surface area (Å²) < 4.78 is 6.11. The van der Waals surface area contributed by atoms with E-state index in [1.54, 1.807) is 18.2 Å². The fourth-order valence-electron chi connectivity index (χ4n) is 2.35. The zero-order chi connectivity index (χ0) is 13.0. The maximum atomic E-state index is 11.0. The molecule has 0 aromatic heterocycles. The maximum absolute atomic E-state index is 11.0.